The van der Waals surface area contributed by atoms with Crippen molar-refractivity contribution >= 4 is 28.9 Å². The quantitative estimate of drug-likeness (QED) is 0.627. The molecule has 0 aliphatic rings. The van der Waals surface area contributed by atoms with Crippen LogP contribution in [0.5, 0.6) is 0 Å². The summed E-state index contributed by atoms with van der Waals surface area (Å²) >= 11 is 12.7. The molecule has 3 aromatic rings. The molecule has 0 bridgehead atoms. The lowest BCUT2D eigenvalue weighted by atomic mass is 9.94. The van der Waals surface area contributed by atoms with E-state index in [9.17, 15) is 0 Å². The molecule has 2 aromatic carbocycles. The molecule has 2 N–H and O–H groups in total. The molecule has 1 aromatic heterocycles. The Bertz CT molecular complexity index is 819. The van der Waals surface area contributed by atoms with E-state index in [0.29, 0.717) is 15.7 Å². The Kier molecular flexibility index (Phi) is 4.29. The van der Waals surface area contributed by atoms with Gasteiger partial charge in [-0.3, -0.25) is 4.98 Å². The number of benzene rings is 2. The van der Waals surface area contributed by atoms with Crippen molar-refractivity contribution in [3.63, 3.8) is 0 Å². The molecule has 0 aliphatic heterocycles. The van der Waals surface area contributed by atoms with E-state index in [1.807, 2.05) is 62.4 Å². The zero-order chi connectivity index (χ0) is 16.6. The van der Waals surface area contributed by atoms with Crippen molar-refractivity contribution in [1.82, 2.24) is 4.98 Å². The van der Waals surface area contributed by atoms with Gasteiger partial charge in [-0.15, -0.1) is 0 Å². The molecule has 0 aliphatic carbocycles. The molecule has 3 rings (SSSR count). The molecule has 0 atom stereocenters. The van der Waals surface area contributed by atoms with Crippen LogP contribution < -0.4 is 5.73 Å². The summed E-state index contributed by atoms with van der Waals surface area (Å²) in [5, 5.41) is 1.30. The van der Waals surface area contributed by atoms with Crippen LogP contribution in [0.3, 0.4) is 0 Å². The van der Waals surface area contributed by atoms with Gasteiger partial charge < -0.3 is 5.73 Å². The Labute approximate surface area is 145 Å². The molecule has 4 heteroatoms. The summed E-state index contributed by atoms with van der Waals surface area (Å²) < 4.78 is 0. The highest BCUT2D eigenvalue weighted by atomic mass is 35.5. The summed E-state index contributed by atoms with van der Waals surface area (Å²) in [7, 11) is 0. The van der Waals surface area contributed by atoms with Crippen molar-refractivity contribution in [2.75, 3.05) is 5.73 Å². The molecule has 0 spiro atoms. The van der Waals surface area contributed by atoms with E-state index in [0.717, 1.165) is 33.6 Å². The summed E-state index contributed by atoms with van der Waals surface area (Å²) in [6, 6.07) is 15.3. The molecule has 0 saturated carbocycles. The first-order valence-electron chi connectivity index (χ1n) is 7.27. The number of pyridine rings is 1. The highest BCUT2D eigenvalue weighted by Crippen LogP contribution is 2.42. The molecule has 0 saturated heterocycles. The van der Waals surface area contributed by atoms with Crippen LogP contribution in [-0.2, 0) is 0 Å². The third kappa shape index (κ3) is 2.80. The molecular weight excluding hydrogens is 327 g/mol. The van der Waals surface area contributed by atoms with E-state index < -0.39 is 0 Å². The van der Waals surface area contributed by atoms with E-state index in [1.165, 1.54) is 0 Å². The second-order valence-electron chi connectivity index (χ2n) is 5.41. The average molecular weight is 343 g/mol. The second-order valence-corrected chi connectivity index (χ2v) is 6.22. The van der Waals surface area contributed by atoms with Crippen LogP contribution in [-0.4, -0.2) is 4.98 Å². The van der Waals surface area contributed by atoms with Gasteiger partial charge in [0.1, 0.15) is 0 Å². The number of hydrogen-bond donors (Lipinski definition) is 1. The number of aryl methyl sites for hydroxylation is 2. The van der Waals surface area contributed by atoms with Gasteiger partial charge in [-0.1, -0.05) is 59.6 Å². The van der Waals surface area contributed by atoms with Crippen molar-refractivity contribution in [2.45, 2.75) is 13.8 Å². The first-order chi connectivity index (χ1) is 11.0. The molecule has 2 nitrogen and oxygen atoms in total. The fraction of sp³-hybridized carbons (Fsp3) is 0.105. The summed E-state index contributed by atoms with van der Waals surface area (Å²) in [4.78, 5) is 4.67. The Balaban J connectivity index is 2.35. The molecule has 116 valence electrons. The molecule has 1 heterocycles. The van der Waals surface area contributed by atoms with Crippen LogP contribution in [0.25, 0.3) is 22.3 Å². The predicted molar refractivity (Wildman–Crippen MR) is 99.0 cm³/mol. The number of hydrogen-bond acceptors (Lipinski definition) is 2. The third-order valence-corrected chi connectivity index (χ3v) is 4.54. The van der Waals surface area contributed by atoms with Crippen LogP contribution in [0.15, 0.2) is 48.5 Å². The van der Waals surface area contributed by atoms with Crippen molar-refractivity contribution in [3.05, 3.63) is 70.0 Å². The first-order valence-corrected chi connectivity index (χ1v) is 8.02. The monoisotopic (exact) mass is 342 g/mol. The van der Waals surface area contributed by atoms with Crippen LogP contribution in [0.2, 0.25) is 10.0 Å². The lowest BCUT2D eigenvalue weighted by Crippen LogP contribution is -2.03. The molecular formula is C19H16Cl2N2. The number of rotatable bonds is 2. The smallest absolute Gasteiger partial charge is 0.0511 e. The third-order valence-electron chi connectivity index (χ3n) is 3.88. The minimum absolute atomic E-state index is 0.649. The van der Waals surface area contributed by atoms with Gasteiger partial charge in [-0.05, 0) is 26.0 Å². The van der Waals surface area contributed by atoms with Crippen LogP contribution in [0, 0.1) is 13.8 Å². The Morgan fingerprint density at radius 3 is 1.52 bits per heavy atom. The maximum absolute atomic E-state index is 6.53. The van der Waals surface area contributed by atoms with E-state index in [4.69, 9.17) is 28.9 Å². The van der Waals surface area contributed by atoms with Crippen molar-refractivity contribution < 1.29 is 0 Å². The van der Waals surface area contributed by atoms with E-state index in [-0.39, 0.29) is 0 Å². The summed E-state index contributed by atoms with van der Waals surface area (Å²) in [6.45, 7) is 3.89. The number of nitrogens with two attached hydrogens (primary N) is 1. The zero-order valence-corrected chi connectivity index (χ0v) is 14.4. The van der Waals surface area contributed by atoms with Gasteiger partial charge in [-0.2, -0.15) is 0 Å². The maximum atomic E-state index is 6.53. The highest BCUT2D eigenvalue weighted by molar-refractivity contribution is 6.34. The predicted octanol–water partition coefficient (Wildman–Crippen LogP) is 5.92. The summed E-state index contributed by atoms with van der Waals surface area (Å²) in [5.41, 5.74) is 12.4. The standard InChI is InChI=1S/C19H16Cl2N2/c1-11-17(13-7-3-5-9-15(13)20)19(22)18(12(2)23-11)14-8-4-6-10-16(14)21/h3-10H,1-2H3,(H2,22,23). The molecule has 23 heavy (non-hydrogen) atoms. The Hall–Kier alpha value is -2.03. The summed E-state index contributed by atoms with van der Waals surface area (Å²) in [6.07, 6.45) is 0. The highest BCUT2D eigenvalue weighted by Gasteiger charge is 2.19. The molecule has 0 unspecified atom stereocenters. The van der Waals surface area contributed by atoms with Gasteiger partial charge in [0.2, 0.25) is 0 Å². The summed E-state index contributed by atoms with van der Waals surface area (Å²) in [5.74, 6) is 0. The van der Waals surface area contributed by atoms with E-state index >= 15 is 0 Å². The topological polar surface area (TPSA) is 38.9 Å². The number of halogens is 2. The minimum Gasteiger partial charge on any atom is -0.398 e. The minimum atomic E-state index is 0.649. The van der Waals surface area contributed by atoms with Crippen LogP contribution in [0.1, 0.15) is 11.4 Å². The molecule has 0 amide bonds. The normalized spacial score (nSPS) is 10.8. The Morgan fingerprint density at radius 1 is 0.739 bits per heavy atom. The number of aromatic nitrogens is 1. The van der Waals surface area contributed by atoms with Gasteiger partial charge in [0.15, 0.2) is 0 Å². The van der Waals surface area contributed by atoms with Crippen LogP contribution >= 0.6 is 23.2 Å². The van der Waals surface area contributed by atoms with E-state index in [2.05, 4.69) is 4.98 Å². The lowest BCUT2D eigenvalue weighted by Gasteiger charge is -2.18. The largest absolute Gasteiger partial charge is 0.398 e. The van der Waals surface area contributed by atoms with Gasteiger partial charge in [-0.25, -0.2) is 0 Å². The van der Waals surface area contributed by atoms with Crippen molar-refractivity contribution in [3.8, 4) is 22.3 Å². The number of anilines is 1. The first kappa shape index (κ1) is 15.9. The Morgan fingerprint density at radius 2 is 1.13 bits per heavy atom. The number of nitrogens with zero attached hydrogens (tertiary/aromatic N) is 1. The van der Waals surface area contributed by atoms with Crippen molar-refractivity contribution in [1.29, 1.82) is 0 Å². The average Bonchev–Trinajstić information content (AvgIpc) is 2.50. The fourth-order valence-corrected chi connectivity index (χ4v) is 3.35. The van der Waals surface area contributed by atoms with Gasteiger partial charge in [0, 0.05) is 43.7 Å². The maximum Gasteiger partial charge on any atom is 0.0511 e. The molecule has 0 radical (unpaired) electrons. The fourth-order valence-electron chi connectivity index (χ4n) is 2.89. The SMILES string of the molecule is Cc1nc(C)c(-c2ccccc2Cl)c(N)c1-c1ccccc1Cl. The molecule has 0 fully saturated rings. The van der Waals surface area contributed by atoms with Crippen molar-refractivity contribution in [2.24, 2.45) is 0 Å². The van der Waals surface area contributed by atoms with Gasteiger partial charge >= 0.3 is 0 Å². The second kappa shape index (κ2) is 6.23. The lowest BCUT2D eigenvalue weighted by molar-refractivity contribution is 1.13. The zero-order valence-electron chi connectivity index (χ0n) is 12.9. The number of nitrogen functional groups attached to an aromatic ring is 1. The van der Waals surface area contributed by atoms with E-state index in [1.54, 1.807) is 0 Å². The van der Waals surface area contributed by atoms with Gasteiger partial charge in [0.05, 0.1) is 5.69 Å². The van der Waals surface area contributed by atoms with Gasteiger partial charge in [0.25, 0.3) is 0 Å². The van der Waals surface area contributed by atoms with Crippen LogP contribution in [0.4, 0.5) is 5.69 Å².